The highest BCUT2D eigenvalue weighted by molar-refractivity contribution is 9.10. The molecule has 0 unspecified atom stereocenters. The molecule has 1 heterocycles. The van der Waals surface area contributed by atoms with Gasteiger partial charge in [-0.1, -0.05) is 0 Å². The molecule has 2 aromatic rings. The second kappa shape index (κ2) is 6.17. The van der Waals surface area contributed by atoms with Crippen LogP contribution in [0, 0.1) is 0 Å². The number of rotatable bonds is 4. The van der Waals surface area contributed by atoms with E-state index in [4.69, 9.17) is 4.74 Å². The Kier molecular flexibility index (Phi) is 4.51. The molecular formula is C12H9BrF3N3O2. The number of alkyl halides is 3. The fourth-order valence-electron chi connectivity index (χ4n) is 1.39. The minimum Gasteiger partial charge on any atom is -0.437 e. The van der Waals surface area contributed by atoms with Gasteiger partial charge in [-0.3, -0.25) is 4.98 Å². The smallest absolute Gasteiger partial charge is 0.437 e. The highest BCUT2D eigenvalue weighted by Gasteiger charge is 2.32. The Morgan fingerprint density at radius 3 is 2.62 bits per heavy atom. The fraction of sp³-hybridized carbons (Fsp3) is 0.167. The second-order valence-electron chi connectivity index (χ2n) is 3.73. The van der Waals surface area contributed by atoms with E-state index >= 15 is 0 Å². The van der Waals surface area contributed by atoms with Crippen molar-refractivity contribution in [2.45, 2.75) is 6.36 Å². The van der Waals surface area contributed by atoms with E-state index in [0.717, 1.165) is 6.07 Å². The van der Waals surface area contributed by atoms with Crippen LogP contribution >= 0.6 is 15.9 Å². The minimum atomic E-state index is -4.75. The lowest BCUT2D eigenvalue weighted by Gasteiger charge is -2.12. The van der Waals surface area contributed by atoms with Crippen molar-refractivity contribution in [3.63, 3.8) is 0 Å². The molecule has 0 amide bonds. The van der Waals surface area contributed by atoms with Gasteiger partial charge in [-0.25, -0.2) is 0 Å². The summed E-state index contributed by atoms with van der Waals surface area (Å²) in [5.74, 6) is 0.644. The van der Waals surface area contributed by atoms with Gasteiger partial charge in [0.15, 0.2) is 0 Å². The molecule has 0 aliphatic heterocycles. The first kappa shape index (κ1) is 15.4. The van der Waals surface area contributed by atoms with Crippen LogP contribution in [0.5, 0.6) is 17.4 Å². The average molecular weight is 364 g/mol. The van der Waals surface area contributed by atoms with Crippen LogP contribution in [0.15, 0.2) is 35.1 Å². The van der Waals surface area contributed by atoms with Gasteiger partial charge in [0.05, 0.1) is 16.9 Å². The molecule has 112 valence electrons. The topological polar surface area (TPSA) is 56.3 Å². The van der Waals surface area contributed by atoms with Gasteiger partial charge in [0.2, 0.25) is 5.88 Å². The maximum atomic E-state index is 12.2. The predicted octanol–water partition coefficient (Wildman–Crippen LogP) is 3.97. The Labute approximate surface area is 126 Å². The van der Waals surface area contributed by atoms with E-state index in [2.05, 4.69) is 36.0 Å². The van der Waals surface area contributed by atoms with Crippen molar-refractivity contribution in [2.75, 3.05) is 12.4 Å². The standard InChI is InChI=1S/C12H9BrF3N3O2/c1-17-10-5-18-6-11(19-10)20-7-2-3-9(8(13)4-7)21-12(14,15)16/h2-6H,1H3,(H,17,19). The highest BCUT2D eigenvalue weighted by Crippen LogP contribution is 2.34. The minimum absolute atomic E-state index is 0.107. The second-order valence-corrected chi connectivity index (χ2v) is 4.59. The molecule has 1 N–H and O–H groups in total. The van der Waals surface area contributed by atoms with Gasteiger partial charge in [0.1, 0.15) is 17.3 Å². The lowest BCUT2D eigenvalue weighted by atomic mass is 10.3. The van der Waals surface area contributed by atoms with Crippen LogP contribution in [0.4, 0.5) is 19.0 Å². The molecule has 2 rings (SSSR count). The molecule has 21 heavy (non-hydrogen) atoms. The number of nitrogens with zero attached hydrogens (tertiary/aromatic N) is 2. The Morgan fingerprint density at radius 2 is 2.00 bits per heavy atom. The summed E-state index contributed by atoms with van der Waals surface area (Å²) in [4.78, 5) is 7.98. The fourth-order valence-corrected chi connectivity index (χ4v) is 1.83. The van der Waals surface area contributed by atoms with Crippen LogP contribution < -0.4 is 14.8 Å². The summed E-state index contributed by atoms with van der Waals surface area (Å²) in [5, 5.41) is 2.79. The number of nitrogens with one attached hydrogen (secondary N) is 1. The molecule has 0 aliphatic rings. The van der Waals surface area contributed by atoms with Crippen LogP contribution in [0.1, 0.15) is 0 Å². The zero-order chi connectivity index (χ0) is 15.5. The number of benzene rings is 1. The summed E-state index contributed by atoms with van der Waals surface area (Å²) < 4.78 is 45.8. The van der Waals surface area contributed by atoms with E-state index in [1.54, 1.807) is 7.05 Å². The molecular weight excluding hydrogens is 355 g/mol. The number of aromatic nitrogens is 2. The van der Waals surface area contributed by atoms with Crippen molar-refractivity contribution in [1.29, 1.82) is 0 Å². The van der Waals surface area contributed by atoms with Gasteiger partial charge in [-0.15, -0.1) is 13.2 Å². The molecule has 0 bridgehead atoms. The van der Waals surface area contributed by atoms with Gasteiger partial charge in [-0.2, -0.15) is 4.98 Å². The van der Waals surface area contributed by atoms with Gasteiger partial charge in [-0.05, 0) is 34.1 Å². The summed E-state index contributed by atoms with van der Waals surface area (Å²) in [7, 11) is 1.67. The molecule has 0 aliphatic carbocycles. The van der Waals surface area contributed by atoms with Crippen molar-refractivity contribution in [2.24, 2.45) is 0 Å². The molecule has 0 saturated heterocycles. The number of ether oxygens (including phenoxy) is 2. The number of hydrogen-bond donors (Lipinski definition) is 1. The highest BCUT2D eigenvalue weighted by atomic mass is 79.9. The SMILES string of the molecule is CNc1cncc(Oc2ccc(OC(F)(F)F)c(Br)c2)n1. The summed E-state index contributed by atoms with van der Waals surface area (Å²) in [6.45, 7) is 0. The first-order valence-corrected chi connectivity index (χ1v) is 6.39. The summed E-state index contributed by atoms with van der Waals surface area (Å²) in [5.41, 5.74) is 0. The van der Waals surface area contributed by atoms with Crippen molar-refractivity contribution in [3.8, 4) is 17.4 Å². The lowest BCUT2D eigenvalue weighted by Crippen LogP contribution is -2.17. The molecule has 0 atom stereocenters. The number of anilines is 1. The Hall–Kier alpha value is -2.03. The maximum absolute atomic E-state index is 12.2. The van der Waals surface area contributed by atoms with Gasteiger partial charge < -0.3 is 14.8 Å². The zero-order valence-corrected chi connectivity index (χ0v) is 12.2. The third-order valence-electron chi connectivity index (χ3n) is 2.22. The molecule has 0 radical (unpaired) electrons. The van der Waals surface area contributed by atoms with Crippen molar-refractivity contribution in [3.05, 3.63) is 35.1 Å². The van der Waals surface area contributed by atoms with Crippen LogP contribution in [0.2, 0.25) is 0 Å². The first-order valence-electron chi connectivity index (χ1n) is 5.60. The van der Waals surface area contributed by atoms with Crippen molar-refractivity contribution >= 4 is 21.7 Å². The molecule has 0 saturated carbocycles. The lowest BCUT2D eigenvalue weighted by molar-refractivity contribution is -0.274. The van der Waals surface area contributed by atoms with Crippen molar-refractivity contribution < 1.29 is 22.6 Å². The monoisotopic (exact) mass is 363 g/mol. The first-order chi connectivity index (χ1) is 9.87. The molecule has 1 aromatic heterocycles. The average Bonchev–Trinajstić information content (AvgIpc) is 2.41. The largest absolute Gasteiger partial charge is 0.573 e. The van der Waals surface area contributed by atoms with Crippen LogP contribution in [0.3, 0.4) is 0 Å². The van der Waals surface area contributed by atoms with Gasteiger partial charge in [0, 0.05) is 7.05 Å². The predicted molar refractivity (Wildman–Crippen MR) is 72.5 cm³/mol. The van der Waals surface area contributed by atoms with E-state index in [0.29, 0.717) is 11.6 Å². The van der Waals surface area contributed by atoms with E-state index in [1.165, 1.54) is 24.5 Å². The van der Waals surface area contributed by atoms with Crippen LogP contribution in [-0.4, -0.2) is 23.4 Å². The molecule has 0 spiro atoms. The normalized spacial score (nSPS) is 11.1. The quantitative estimate of drug-likeness (QED) is 0.890. The van der Waals surface area contributed by atoms with E-state index in [9.17, 15) is 13.2 Å². The zero-order valence-electron chi connectivity index (χ0n) is 10.6. The molecule has 9 heteroatoms. The van der Waals surface area contributed by atoms with Gasteiger partial charge in [0.25, 0.3) is 0 Å². The summed E-state index contributed by atoms with van der Waals surface area (Å²) in [6.07, 6.45) is -1.87. The molecule has 1 aromatic carbocycles. The van der Waals surface area contributed by atoms with Crippen LogP contribution in [-0.2, 0) is 0 Å². The third-order valence-corrected chi connectivity index (χ3v) is 2.84. The van der Waals surface area contributed by atoms with Crippen LogP contribution in [0.25, 0.3) is 0 Å². The molecule has 0 fully saturated rings. The third kappa shape index (κ3) is 4.48. The molecule has 5 nitrogen and oxygen atoms in total. The Balaban J connectivity index is 2.16. The number of hydrogen-bond acceptors (Lipinski definition) is 5. The maximum Gasteiger partial charge on any atom is 0.573 e. The van der Waals surface area contributed by atoms with E-state index in [-0.39, 0.29) is 16.1 Å². The Morgan fingerprint density at radius 1 is 1.24 bits per heavy atom. The summed E-state index contributed by atoms with van der Waals surface area (Å²) in [6, 6.07) is 3.82. The summed E-state index contributed by atoms with van der Waals surface area (Å²) >= 11 is 2.99. The van der Waals surface area contributed by atoms with Gasteiger partial charge >= 0.3 is 6.36 Å². The Bertz CT molecular complexity index is 637. The van der Waals surface area contributed by atoms with E-state index in [1.807, 2.05) is 0 Å². The van der Waals surface area contributed by atoms with E-state index < -0.39 is 6.36 Å². The number of halogens is 4. The van der Waals surface area contributed by atoms with Crippen molar-refractivity contribution in [1.82, 2.24) is 9.97 Å².